The maximum absolute atomic E-state index is 9.87. The van der Waals surface area contributed by atoms with Gasteiger partial charge in [0.15, 0.2) is 0 Å². The molecule has 6 nitrogen and oxygen atoms in total. The van der Waals surface area contributed by atoms with Gasteiger partial charge in [0.05, 0.1) is 36.6 Å². The Balaban J connectivity index is 0.000000968. The van der Waals surface area contributed by atoms with Crippen LogP contribution in [-0.2, 0) is 11.3 Å². The third-order valence-electron chi connectivity index (χ3n) is 5.64. The van der Waals surface area contributed by atoms with E-state index in [2.05, 4.69) is 41.2 Å². The molecule has 0 amide bonds. The van der Waals surface area contributed by atoms with Gasteiger partial charge in [-0.3, -0.25) is 4.90 Å². The van der Waals surface area contributed by atoms with E-state index in [1.54, 1.807) is 0 Å². The highest BCUT2D eigenvalue weighted by molar-refractivity contribution is 7.80. The number of anilines is 1. The Bertz CT molecular complexity index is 1070. The first-order valence-corrected chi connectivity index (χ1v) is 12.2. The van der Waals surface area contributed by atoms with E-state index in [4.69, 9.17) is 15.2 Å². The number of fused-ring (bicyclic) bond motifs is 1. The molecule has 0 spiro atoms. The number of hydrogen-bond acceptors (Lipinski definition) is 6. The van der Waals surface area contributed by atoms with Crippen molar-refractivity contribution >= 4 is 29.2 Å². The topological polar surface area (TPSA) is 76.4 Å². The average Bonchev–Trinajstić information content (AvgIpc) is 3.16. The minimum atomic E-state index is 0.672. The highest BCUT2D eigenvalue weighted by Gasteiger charge is 2.18. The molecule has 1 saturated heterocycles. The van der Waals surface area contributed by atoms with Gasteiger partial charge in [-0.25, -0.2) is 0 Å². The second kappa shape index (κ2) is 12.5. The van der Waals surface area contributed by atoms with Crippen molar-refractivity contribution in [1.29, 1.82) is 5.26 Å². The Morgan fingerprint density at radius 2 is 1.82 bits per heavy atom. The van der Waals surface area contributed by atoms with Crippen LogP contribution in [0.5, 0.6) is 5.75 Å². The summed E-state index contributed by atoms with van der Waals surface area (Å²) in [7, 11) is 0. The number of hydrogen-bond donors (Lipinski definition) is 2. The van der Waals surface area contributed by atoms with Crippen molar-refractivity contribution < 1.29 is 9.47 Å². The summed E-state index contributed by atoms with van der Waals surface area (Å²) >= 11 is 3.79. The van der Waals surface area contributed by atoms with Gasteiger partial charge in [-0.15, -0.1) is 0 Å². The summed E-state index contributed by atoms with van der Waals surface area (Å²) in [5.74, 6) is 1.78. The molecule has 1 aliphatic rings. The predicted octanol–water partition coefficient (Wildman–Crippen LogP) is 4.82. The van der Waals surface area contributed by atoms with Crippen LogP contribution in [0.25, 0.3) is 22.2 Å². The van der Waals surface area contributed by atoms with E-state index in [-0.39, 0.29) is 0 Å². The molecule has 3 aromatic rings. The van der Waals surface area contributed by atoms with E-state index in [0.29, 0.717) is 17.9 Å². The van der Waals surface area contributed by atoms with Crippen molar-refractivity contribution in [3.63, 3.8) is 0 Å². The lowest BCUT2D eigenvalue weighted by molar-refractivity contribution is 0.0358. The quantitative estimate of drug-likeness (QED) is 0.297. The fraction of sp³-hybridized carbons (Fsp3) is 0.423. The Morgan fingerprint density at radius 3 is 2.45 bits per heavy atom. The van der Waals surface area contributed by atoms with Crippen LogP contribution in [-0.4, -0.2) is 54.7 Å². The summed E-state index contributed by atoms with van der Waals surface area (Å²) in [5.41, 5.74) is 10.2. The summed E-state index contributed by atoms with van der Waals surface area (Å²) in [6, 6.07) is 16.1. The van der Waals surface area contributed by atoms with Gasteiger partial charge >= 0.3 is 0 Å². The van der Waals surface area contributed by atoms with Gasteiger partial charge in [-0.05, 0) is 48.9 Å². The average molecular weight is 467 g/mol. The van der Waals surface area contributed by atoms with Gasteiger partial charge in [-0.2, -0.15) is 17.9 Å². The van der Waals surface area contributed by atoms with E-state index < -0.39 is 0 Å². The Hall–Kier alpha value is -2.66. The molecule has 1 aromatic heterocycles. The molecule has 0 atom stereocenters. The highest BCUT2D eigenvalue weighted by atomic mass is 32.1. The van der Waals surface area contributed by atoms with Gasteiger partial charge in [0, 0.05) is 43.3 Å². The summed E-state index contributed by atoms with van der Waals surface area (Å²) < 4.78 is 13.6. The number of ether oxygens (including phenoxy) is 2. The van der Waals surface area contributed by atoms with Crippen molar-refractivity contribution in [1.82, 2.24) is 9.47 Å². The van der Waals surface area contributed by atoms with E-state index in [0.717, 1.165) is 79.5 Å². The van der Waals surface area contributed by atoms with Gasteiger partial charge in [0.25, 0.3) is 0 Å². The SMILES string of the molecule is CCS.CCn1c(-c2ccc(N)cc2)c(C#N)c2ccc(OCCCN3CCOCC3)cc21. The smallest absolute Gasteiger partial charge is 0.121 e. The number of nitrogens with zero attached hydrogens (tertiary/aromatic N) is 3. The molecule has 0 bridgehead atoms. The van der Waals surface area contributed by atoms with Gasteiger partial charge < -0.3 is 19.8 Å². The fourth-order valence-electron chi connectivity index (χ4n) is 4.10. The van der Waals surface area contributed by atoms with Crippen LogP contribution in [0, 0.1) is 11.3 Å². The van der Waals surface area contributed by atoms with Crippen LogP contribution in [0.15, 0.2) is 42.5 Å². The number of rotatable bonds is 7. The summed E-state index contributed by atoms with van der Waals surface area (Å²) in [4.78, 5) is 2.41. The Labute approximate surface area is 202 Å². The molecule has 1 fully saturated rings. The monoisotopic (exact) mass is 466 g/mol. The Morgan fingerprint density at radius 1 is 1.12 bits per heavy atom. The van der Waals surface area contributed by atoms with E-state index in [1.807, 2.05) is 43.3 Å². The van der Waals surface area contributed by atoms with Gasteiger partial charge in [0.1, 0.15) is 11.8 Å². The number of benzene rings is 2. The normalized spacial score (nSPS) is 13.9. The molecule has 4 rings (SSSR count). The van der Waals surface area contributed by atoms with Crippen LogP contribution in [0.2, 0.25) is 0 Å². The lowest BCUT2D eigenvalue weighted by Gasteiger charge is -2.26. The molecular weight excluding hydrogens is 432 g/mol. The van der Waals surface area contributed by atoms with Crippen LogP contribution in [0.4, 0.5) is 5.69 Å². The van der Waals surface area contributed by atoms with Gasteiger partial charge in [0.2, 0.25) is 0 Å². The predicted molar refractivity (Wildman–Crippen MR) is 139 cm³/mol. The van der Waals surface area contributed by atoms with Crippen molar-refractivity contribution in [2.75, 3.05) is 50.9 Å². The molecule has 0 aliphatic carbocycles. The van der Waals surface area contributed by atoms with E-state index in [9.17, 15) is 5.26 Å². The van der Waals surface area contributed by atoms with Crippen LogP contribution in [0.1, 0.15) is 25.8 Å². The maximum atomic E-state index is 9.87. The number of nitrogens with two attached hydrogens (primary N) is 1. The van der Waals surface area contributed by atoms with E-state index >= 15 is 0 Å². The minimum Gasteiger partial charge on any atom is -0.493 e. The van der Waals surface area contributed by atoms with Crippen molar-refractivity contribution in [2.45, 2.75) is 26.8 Å². The number of aryl methyl sites for hydroxylation is 1. The van der Waals surface area contributed by atoms with Crippen molar-refractivity contribution in [3.8, 4) is 23.1 Å². The second-order valence-corrected chi connectivity index (χ2v) is 8.49. The van der Waals surface area contributed by atoms with Crippen LogP contribution < -0.4 is 10.5 Å². The summed E-state index contributed by atoms with van der Waals surface area (Å²) in [6.45, 7) is 10.2. The molecule has 1 aliphatic heterocycles. The summed E-state index contributed by atoms with van der Waals surface area (Å²) in [6.07, 6.45) is 0.979. The zero-order valence-corrected chi connectivity index (χ0v) is 20.5. The first kappa shape index (κ1) is 25.0. The number of aromatic nitrogens is 1. The largest absolute Gasteiger partial charge is 0.493 e. The van der Waals surface area contributed by atoms with Gasteiger partial charge in [-0.1, -0.05) is 19.1 Å². The number of nitrogen functional groups attached to an aromatic ring is 1. The highest BCUT2D eigenvalue weighted by Crippen LogP contribution is 2.35. The molecule has 0 radical (unpaired) electrons. The molecule has 2 aromatic carbocycles. The Kier molecular flexibility index (Phi) is 9.49. The fourth-order valence-corrected chi connectivity index (χ4v) is 4.10. The first-order valence-electron chi connectivity index (χ1n) is 11.6. The second-order valence-electron chi connectivity index (χ2n) is 7.85. The molecule has 176 valence electrons. The van der Waals surface area contributed by atoms with E-state index in [1.165, 1.54) is 0 Å². The molecule has 2 heterocycles. The van der Waals surface area contributed by atoms with Crippen molar-refractivity contribution in [2.24, 2.45) is 0 Å². The maximum Gasteiger partial charge on any atom is 0.121 e. The van der Waals surface area contributed by atoms with Crippen molar-refractivity contribution in [3.05, 3.63) is 48.0 Å². The van der Waals surface area contributed by atoms with Crippen LogP contribution >= 0.6 is 12.6 Å². The molecule has 7 heteroatoms. The number of morpholine rings is 1. The minimum absolute atomic E-state index is 0.672. The van der Waals surface area contributed by atoms with Crippen LogP contribution in [0.3, 0.4) is 0 Å². The molecule has 2 N–H and O–H groups in total. The molecular formula is C26H34N4O2S. The first-order chi connectivity index (χ1) is 16.1. The lowest BCUT2D eigenvalue weighted by atomic mass is 10.1. The lowest BCUT2D eigenvalue weighted by Crippen LogP contribution is -2.37. The molecule has 0 unspecified atom stereocenters. The zero-order valence-electron chi connectivity index (χ0n) is 19.6. The molecule has 33 heavy (non-hydrogen) atoms. The number of nitriles is 1. The third kappa shape index (κ3) is 6.23. The number of thiol groups is 1. The molecule has 0 saturated carbocycles. The third-order valence-corrected chi connectivity index (χ3v) is 5.64. The standard InChI is InChI=1S/C24H28N4O2.C2H6S/c1-2-28-23-16-20(30-13-3-10-27-11-14-29-15-12-27)8-9-21(23)22(17-25)24(28)18-4-6-19(26)7-5-18;1-2-3/h4-9,16H,2-3,10-15,26H2,1H3;3H,2H2,1H3. The summed E-state index contributed by atoms with van der Waals surface area (Å²) in [5, 5.41) is 10.8. The zero-order chi connectivity index (χ0) is 23.6.